The van der Waals surface area contributed by atoms with Gasteiger partial charge in [0.05, 0.1) is 7.11 Å². The minimum Gasteiger partial charge on any atom is -0.496 e. The highest BCUT2D eigenvalue weighted by Crippen LogP contribution is 2.32. The van der Waals surface area contributed by atoms with Crippen molar-refractivity contribution < 1.29 is 4.74 Å². The van der Waals surface area contributed by atoms with Crippen LogP contribution in [0.25, 0.3) is 11.4 Å². The third-order valence-corrected chi connectivity index (χ3v) is 5.55. The molecule has 0 saturated heterocycles. The van der Waals surface area contributed by atoms with Gasteiger partial charge in [0.2, 0.25) is 0 Å². The lowest BCUT2D eigenvalue weighted by Gasteiger charge is -2.18. The number of rotatable bonds is 5. The monoisotopic (exact) mass is 366 g/mol. The lowest BCUT2D eigenvalue weighted by molar-refractivity contribution is 0.409. The number of benzene rings is 2. The van der Waals surface area contributed by atoms with Crippen molar-refractivity contribution in [3.05, 3.63) is 70.5 Å². The molecular weight excluding hydrogens is 344 g/mol. The van der Waals surface area contributed by atoms with Gasteiger partial charge in [-0.15, -0.1) is 0 Å². The fourth-order valence-electron chi connectivity index (χ4n) is 3.84. The van der Waals surface area contributed by atoms with Crippen LogP contribution in [-0.4, -0.2) is 16.7 Å². The topological polar surface area (TPSA) is 27.1 Å². The number of hydrogen-bond donors (Lipinski definition) is 0. The van der Waals surface area contributed by atoms with Crippen molar-refractivity contribution in [1.82, 2.24) is 9.55 Å². The molecule has 2 heterocycles. The quantitative estimate of drug-likeness (QED) is 0.610. The molecule has 0 amide bonds. The summed E-state index contributed by atoms with van der Waals surface area (Å²) in [5.41, 5.74) is 4.85. The van der Waals surface area contributed by atoms with Crippen LogP contribution in [0.2, 0.25) is 5.02 Å². The molecule has 0 bridgehead atoms. The van der Waals surface area contributed by atoms with Crippen molar-refractivity contribution in [3.8, 4) is 17.1 Å². The minimum absolute atomic E-state index is 0.811. The maximum absolute atomic E-state index is 6.60. The molecule has 0 radical (unpaired) electrons. The summed E-state index contributed by atoms with van der Waals surface area (Å²) < 4.78 is 7.85. The van der Waals surface area contributed by atoms with E-state index in [1.807, 2.05) is 30.5 Å². The number of imidazole rings is 1. The van der Waals surface area contributed by atoms with E-state index in [9.17, 15) is 0 Å². The van der Waals surface area contributed by atoms with Crippen LogP contribution < -0.4 is 4.74 Å². The summed E-state index contributed by atoms with van der Waals surface area (Å²) in [5.74, 6) is 1.98. The van der Waals surface area contributed by atoms with E-state index < -0.39 is 0 Å². The van der Waals surface area contributed by atoms with Crippen LogP contribution >= 0.6 is 11.6 Å². The molecular formula is C22H23ClN2O. The van der Waals surface area contributed by atoms with Crippen molar-refractivity contribution >= 4 is 11.6 Å². The van der Waals surface area contributed by atoms with E-state index in [2.05, 4.69) is 22.8 Å². The zero-order valence-corrected chi connectivity index (χ0v) is 15.8. The Balaban J connectivity index is 1.68. The predicted octanol–water partition coefficient (Wildman–Crippen LogP) is 5.33. The van der Waals surface area contributed by atoms with Crippen LogP contribution in [0.4, 0.5) is 0 Å². The number of fused-ring (bicyclic) bond motifs is 1. The number of para-hydroxylation sites is 1. The van der Waals surface area contributed by atoms with Gasteiger partial charge < -0.3 is 9.30 Å². The number of hydrogen-bond acceptors (Lipinski definition) is 2. The first-order chi connectivity index (χ1) is 12.8. The van der Waals surface area contributed by atoms with Gasteiger partial charge in [-0.25, -0.2) is 4.98 Å². The first kappa shape index (κ1) is 17.2. The fourth-order valence-corrected chi connectivity index (χ4v) is 4.11. The first-order valence-corrected chi connectivity index (χ1v) is 9.60. The van der Waals surface area contributed by atoms with Gasteiger partial charge in [-0.05, 0) is 55.4 Å². The number of ether oxygens (including phenoxy) is 1. The first-order valence-electron chi connectivity index (χ1n) is 9.22. The molecule has 1 aliphatic heterocycles. The number of nitrogens with zero attached hydrogens (tertiary/aromatic N) is 2. The molecule has 1 aromatic heterocycles. The van der Waals surface area contributed by atoms with Crippen molar-refractivity contribution in [2.75, 3.05) is 7.11 Å². The zero-order chi connectivity index (χ0) is 17.9. The Kier molecular flexibility index (Phi) is 4.98. The maximum atomic E-state index is 6.60. The largest absolute Gasteiger partial charge is 0.496 e. The number of methoxy groups -OCH3 is 1. The second-order valence-corrected chi connectivity index (χ2v) is 7.17. The lowest BCUT2D eigenvalue weighted by atomic mass is 9.98. The summed E-state index contributed by atoms with van der Waals surface area (Å²) in [5, 5.41) is 0.811. The molecule has 0 aliphatic carbocycles. The van der Waals surface area contributed by atoms with Gasteiger partial charge in [0, 0.05) is 29.0 Å². The molecule has 0 saturated carbocycles. The summed E-state index contributed by atoms with van der Waals surface area (Å²) >= 11 is 6.60. The van der Waals surface area contributed by atoms with Gasteiger partial charge in [-0.3, -0.25) is 0 Å². The van der Waals surface area contributed by atoms with E-state index in [-0.39, 0.29) is 0 Å². The van der Waals surface area contributed by atoms with E-state index in [0.717, 1.165) is 48.0 Å². The molecule has 0 fully saturated rings. The average Bonchev–Trinajstić information content (AvgIpc) is 3.11. The summed E-state index contributed by atoms with van der Waals surface area (Å²) in [6, 6.07) is 14.3. The Hall–Kier alpha value is -2.26. The second-order valence-electron chi connectivity index (χ2n) is 6.76. The molecule has 0 N–H and O–H groups in total. The predicted molar refractivity (Wildman–Crippen MR) is 106 cm³/mol. The smallest absolute Gasteiger partial charge is 0.140 e. The second kappa shape index (κ2) is 7.55. The third-order valence-electron chi connectivity index (χ3n) is 5.20. The lowest BCUT2D eigenvalue weighted by Crippen LogP contribution is -2.11. The summed E-state index contributed by atoms with van der Waals surface area (Å²) in [7, 11) is 1.72. The molecule has 134 valence electrons. The van der Waals surface area contributed by atoms with Gasteiger partial charge >= 0.3 is 0 Å². The maximum Gasteiger partial charge on any atom is 0.140 e. The van der Waals surface area contributed by atoms with Crippen molar-refractivity contribution in [2.24, 2.45) is 0 Å². The van der Waals surface area contributed by atoms with E-state index >= 15 is 0 Å². The highest BCUT2D eigenvalue weighted by molar-refractivity contribution is 6.31. The Morgan fingerprint density at radius 3 is 2.85 bits per heavy atom. The van der Waals surface area contributed by atoms with Crippen LogP contribution in [-0.2, 0) is 25.8 Å². The molecule has 0 unspecified atom stereocenters. The Bertz CT molecular complexity index is 916. The molecule has 0 spiro atoms. The van der Waals surface area contributed by atoms with E-state index in [0.29, 0.717) is 0 Å². The molecule has 4 rings (SSSR count). The molecule has 2 aromatic carbocycles. The van der Waals surface area contributed by atoms with Crippen LogP contribution in [0.3, 0.4) is 0 Å². The average molecular weight is 367 g/mol. The Morgan fingerprint density at radius 2 is 1.96 bits per heavy atom. The van der Waals surface area contributed by atoms with E-state index in [1.54, 1.807) is 7.11 Å². The standard InChI is InChI=1S/C22H23ClN2O/c1-26-21-11-3-2-7-16(21)12-13-18-19(9-6-10-20(18)23)22-24-15-17-8-4-5-14-25(17)22/h2-3,6-7,9-11,15H,4-5,8,12-14H2,1H3. The number of halogens is 1. The highest BCUT2D eigenvalue weighted by atomic mass is 35.5. The molecule has 1 aliphatic rings. The van der Waals surface area contributed by atoms with Crippen LogP contribution in [0.15, 0.2) is 48.7 Å². The fraction of sp³-hybridized carbons (Fsp3) is 0.318. The number of aromatic nitrogens is 2. The Morgan fingerprint density at radius 1 is 1.08 bits per heavy atom. The molecule has 3 aromatic rings. The van der Waals surface area contributed by atoms with Gasteiger partial charge in [0.1, 0.15) is 11.6 Å². The molecule has 3 nitrogen and oxygen atoms in total. The normalized spacial score (nSPS) is 13.5. The van der Waals surface area contributed by atoms with Gasteiger partial charge in [0.25, 0.3) is 0 Å². The van der Waals surface area contributed by atoms with E-state index in [1.165, 1.54) is 29.7 Å². The van der Waals surface area contributed by atoms with Crippen LogP contribution in [0, 0.1) is 0 Å². The third kappa shape index (κ3) is 3.24. The summed E-state index contributed by atoms with van der Waals surface area (Å²) in [6.07, 6.45) is 7.35. The minimum atomic E-state index is 0.811. The van der Waals surface area contributed by atoms with Crippen LogP contribution in [0.1, 0.15) is 29.7 Å². The van der Waals surface area contributed by atoms with Gasteiger partial charge in [0.15, 0.2) is 0 Å². The molecule has 0 atom stereocenters. The highest BCUT2D eigenvalue weighted by Gasteiger charge is 2.19. The van der Waals surface area contributed by atoms with Gasteiger partial charge in [-0.2, -0.15) is 0 Å². The summed E-state index contributed by atoms with van der Waals surface area (Å²) in [4.78, 5) is 4.74. The SMILES string of the molecule is COc1ccccc1CCc1c(Cl)cccc1-c1ncc2n1CCCC2. The van der Waals surface area contributed by atoms with Crippen molar-refractivity contribution in [2.45, 2.75) is 38.6 Å². The summed E-state index contributed by atoms with van der Waals surface area (Å²) in [6.45, 7) is 1.04. The molecule has 26 heavy (non-hydrogen) atoms. The van der Waals surface area contributed by atoms with Crippen LogP contribution in [0.5, 0.6) is 5.75 Å². The Labute approximate surface area is 159 Å². The van der Waals surface area contributed by atoms with Crippen molar-refractivity contribution in [1.29, 1.82) is 0 Å². The number of aryl methyl sites for hydroxylation is 2. The zero-order valence-electron chi connectivity index (χ0n) is 15.0. The van der Waals surface area contributed by atoms with E-state index in [4.69, 9.17) is 21.3 Å². The molecule has 4 heteroatoms. The van der Waals surface area contributed by atoms with Gasteiger partial charge in [-0.1, -0.05) is 41.9 Å². The van der Waals surface area contributed by atoms with Crippen molar-refractivity contribution in [3.63, 3.8) is 0 Å².